The standard InChI is InChI=1S/C41H54F3NO5/c1-3-4-5-6-7-8-9-10-11-12-13-14-20-31-49-38-29-26-35(34-24-27-36(28-25-34)50-41(42,43)44)32-37(38)45(39(46)40(47)48-2)30-19-18-23-33-21-16-15-17-22-33/h15-17,21-22,24-29,32H,3-14,18-20,23,30-31H2,1-2H3. The molecule has 50 heavy (non-hydrogen) atoms. The number of carbonyl (C=O) groups is 2. The Morgan fingerprint density at radius 1 is 0.680 bits per heavy atom. The molecule has 0 saturated heterocycles. The number of nitrogens with zero attached hydrogens (tertiary/aromatic N) is 1. The smallest absolute Gasteiger partial charge is 0.491 e. The van der Waals surface area contributed by atoms with Crippen molar-refractivity contribution in [3.05, 3.63) is 78.4 Å². The number of amides is 1. The summed E-state index contributed by atoms with van der Waals surface area (Å²) in [7, 11) is 1.17. The van der Waals surface area contributed by atoms with Crippen LogP contribution in [-0.4, -0.2) is 38.5 Å². The van der Waals surface area contributed by atoms with Crippen LogP contribution in [0.25, 0.3) is 11.1 Å². The Morgan fingerprint density at radius 2 is 1.26 bits per heavy atom. The molecular weight excluding hydrogens is 643 g/mol. The molecule has 274 valence electrons. The molecule has 0 saturated carbocycles. The van der Waals surface area contributed by atoms with Crippen LogP contribution < -0.4 is 14.4 Å². The van der Waals surface area contributed by atoms with Crippen molar-refractivity contribution in [2.75, 3.05) is 25.2 Å². The summed E-state index contributed by atoms with van der Waals surface area (Å²) in [5, 5.41) is 0. The summed E-state index contributed by atoms with van der Waals surface area (Å²) in [4.78, 5) is 27.3. The van der Waals surface area contributed by atoms with Gasteiger partial charge in [0.1, 0.15) is 11.5 Å². The lowest BCUT2D eigenvalue weighted by molar-refractivity contribution is -0.274. The van der Waals surface area contributed by atoms with Crippen molar-refractivity contribution in [1.29, 1.82) is 0 Å². The van der Waals surface area contributed by atoms with Crippen LogP contribution in [0.1, 0.15) is 109 Å². The SMILES string of the molecule is CCCCCCCCCCCCCCCOc1ccc(-c2ccc(OC(F)(F)F)cc2)cc1N(CCCCc1ccccc1)C(=O)C(=O)OC. The second kappa shape index (κ2) is 22.7. The van der Waals surface area contributed by atoms with E-state index in [4.69, 9.17) is 9.47 Å². The van der Waals surface area contributed by atoms with Gasteiger partial charge in [-0.2, -0.15) is 0 Å². The van der Waals surface area contributed by atoms with Gasteiger partial charge in [0.2, 0.25) is 0 Å². The van der Waals surface area contributed by atoms with Gasteiger partial charge in [0, 0.05) is 6.54 Å². The van der Waals surface area contributed by atoms with E-state index in [1.807, 2.05) is 30.3 Å². The molecule has 0 fully saturated rings. The number of ether oxygens (including phenoxy) is 3. The van der Waals surface area contributed by atoms with Crippen LogP contribution in [-0.2, 0) is 20.7 Å². The summed E-state index contributed by atoms with van der Waals surface area (Å²) in [6.45, 7) is 2.94. The van der Waals surface area contributed by atoms with Crippen LogP contribution in [0, 0.1) is 0 Å². The third kappa shape index (κ3) is 15.3. The van der Waals surface area contributed by atoms with Gasteiger partial charge < -0.3 is 14.2 Å². The average Bonchev–Trinajstić information content (AvgIpc) is 3.11. The van der Waals surface area contributed by atoms with Gasteiger partial charge in [-0.15, -0.1) is 13.2 Å². The van der Waals surface area contributed by atoms with E-state index in [2.05, 4.69) is 11.7 Å². The molecule has 3 aromatic rings. The molecule has 0 N–H and O–H groups in total. The Bertz CT molecular complexity index is 1400. The summed E-state index contributed by atoms with van der Waals surface area (Å²) in [6.07, 6.45) is 13.5. The maximum Gasteiger partial charge on any atom is 0.573 e. The van der Waals surface area contributed by atoms with Gasteiger partial charge >= 0.3 is 18.2 Å². The molecule has 3 rings (SSSR count). The summed E-state index contributed by atoms with van der Waals surface area (Å²) >= 11 is 0. The van der Waals surface area contributed by atoms with Gasteiger partial charge in [-0.3, -0.25) is 9.69 Å². The largest absolute Gasteiger partial charge is 0.573 e. The van der Waals surface area contributed by atoms with E-state index < -0.39 is 18.2 Å². The topological polar surface area (TPSA) is 65.1 Å². The van der Waals surface area contributed by atoms with Gasteiger partial charge in [0.15, 0.2) is 0 Å². The van der Waals surface area contributed by atoms with Crippen LogP contribution in [0.4, 0.5) is 18.9 Å². The quantitative estimate of drug-likeness (QED) is 0.0561. The lowest BCUT2D eigenvalue weighted by Gasteiger charge is -2.25. The van der Waals surface area contributed by atoms with Crippen LogP contribution in [0.5, 0.6) is 11.5 Å². The first-order valence-corrected chi connectivity index (χ1v) is 18.3. The van der Waals surface area contributed by atoms with Crippen molar-refractivity contribution < 1.29 is 37.0 Å². The number of methoxy groups -OCH3 is 1. The summed E-state index contributed by atoms with van der Waals surface area (Å²) in [5.41, 5.74) is 2.83. The monoisotopic (exact) mass is 697 g/mol. The van der Waals surface area contributed by atoms with E-state index in [1.54, 1.807) is 18.2 Å². The zero-order valence-corrected chi connectivity index (χ0v) is 29.8. The number of hydrogen-bond donors (Lipinski definition) is 0. The first kappa shape index (κ1) is 40.4. The normalized spacial score (nSPS) is 11.3. The van der Waals surface area contributed by atoms with E-state index in [1.165, 1.54) is 106 Å². The van der Waals surface area contributed by atoms with Crippen molar-refractivity contribution >= 4 is 17.6 Å². The number of alkyl halides is 3. The number of carbonyl (C=O) groups excluding carboxylic acids is 2. The molecule has 1 amide bonds. The first-order chi connectivity index (χ1) is 24.2. The van der Waals surface area contributed by atoms with Gasteiger partial charge in [0.05, 0.1) is 19.4 Å². The third-order valence-electron chi connectivity index (χ3n) is 8.72. The van der Waals surface area contributed by atoms with E-state index in [9.17, 15) is 22.8 Å². The second-order valence-electron chi connectivity index (χ2n) is 12.7. The molecule has 0 aliphatic carbocycles. The highest BCUT2D eigenvalue weighted by Gasteiger charge is 2.31. The minimum absolute atomic E-state index is 0.248. The van der Waals surface area contributed by atoms with Gasteiger partial charge in [0.25, 0.3) is 0 Å². The Balaban J connectivity index is 1.67. The molecule has 0 radical (unpaired) electrons. The van der Waals surface area contributed by atoms with Crippen LogP contribution in [0.3, 0.4) is 0 Å². The molecule has 0 bridgehead atoms. The minimum atomic E-state index is -4.80. The molecule has 0 heterocycles. The lowest BCUT2D eigenvalue weighted by Crippen LogP contribution is -2.38. The number of halogens is 3. The molecule has 0 unspecified atom stereocenters. The van der Waals surface area contributed by atoms with Gasteiger partial charge in [-0.05, 0) is 66.6 Å². The average molecular weight is 698 g/mol. The maximum absolute atomic E-state index is 13.4. The van der Waals surface area contributed by atoms with Crippen molar-refractivity contribution in [1.82, 2.24) is 0 Å². The van der Waals surface area contributed by atoms with Crippen molar-refractivity contribution in [3.63, 3.8) is 0 Å². The molecule has 0 aliphatic heterocycles. The Hall–Kier alpha value is -4.01. The molecule has 6 nitrogen and oxygen atoms in total. The minimum Gasteiger partial charge on any atom is -0.491 e. The number of esters is 1. The van der Waals surface area contributed by atoms with Crippen molar-refractivity contribution in [2.24, 2.45) is 0 Å². The van der Waals surface area contributed by atoms with E-state index in [0.717, 1.165) is 32.1 Å². The second-order valence-corrected chi connectivity index (χ2v) is 12.7. The lowest BCUT2D eigenvalue weighted by atomic mass is 10.0. The molecule has 0 aromatic heterocycles. The fourth-order valence-corrected chi connectivity index (χ4v) is 5.95. The van der Waals surface area contributed by atoms with Crippen molar-refractivity contribution in [2.45, 2.75) is 116 Å². The first-order valence-electron chi connectivity index (χ1n) is 18.3. The van der Waals surface area contributed by atoms with Crippen LogP contribution >= 0.6 is 0 Å². The highest BCUT2D eigenvalue weighted by atomic mass is 19.4. The maximum atomic E-state index is 13.4. The predicted molar refractivity (Wildman–Crippen MR) is 193 cm³/mol. The number of unbranched alkanes of at least 4 members (excludes halogenated alkanes) is 13. The third-order valence-corrected chi connectivity index (χ3v) is 8.72. The summed E-state index contributed by atoms with van der Waals surface area (Å²) in [5.74, 6) is -1.69. The van der Waals surface area contributed by atoms with E-state index >= 15 is 0 Å². The highest BCUT2D eigenvalue weighted by Crippen LogP contribution is 2.35. The van der Waals surface area contributed by atoms with E-state index in [-0.39, 0.29) is 12.3 Å². The summed E-state index contributed by atoms with van der Waals surface area (Å²) in [6, 6.07) is 20.8. The molecule has 0 atom stereocenters. The zero-order valence-electron chi connectivity index (χ0n) is 29.8. The molecule has 3 aromatic carbocycles. The molecule has 9 heteroatoms. The van der Waals surface area contributed by atoms with Crippen molar-refractivity contribution in [3.8, 4) is 22.6 Å². The number of anilines is 1. The van der Waals surface area contributed by atoms with Crippen LogP contribution in [0.2, 0.25) is 0 Å². The Kier molecular flexibility index (Phi) is 18.3. The fourth-order valence-electron chi connectivity index (χ4n) is 5.95. The number of hydrogen-bond acceptors (Lipinski definition) is 5. The number of rotatable bonds is 23. The molecule has 0 aliphatic rings. The number of benzene rings is 3. The Labute approximate surface area is 296 Å². The van der Waals surface area contributed by atoms with Gasteiger partial charge in [-0.25, -0.2) is 4.79 Å². The van der Waals surface area contributed by atoms with E-state index in [0.29, 0.717) is 35.6 Å². The fraction of sp³-hybridized carbons (Fsp3) is 0.512. The number of aryl methyl sites for hydroxylation is 1. The zero-order chi connectivity index (χ0) is 36.0. The molecular formula is C41H54F3NO5. The Morgan fingerprint density at radius 3 is 1.84 bits per heavy atom. The summed E-state index contributed by atoms with van der Waals surface area (Å²) < 4.78 is 53.2. The van der Waals surface area contributed by atoms with Crippen LogP contribution in [0.15, 0.2) is 72.8 Å². The van der Waals surface area contributed by atoms with Gasteiger partial charge in [-0.1, -0.05) is 133 Å². The molecule has 0 spiro atoms. The predicted octanol–water partition coefficient (Wildman–Crippen LogP) is 11.3. The highest BCUT2D eigenvalue weighted by molar-refractivity contribution is 6.38.